The molecule has 0 heterocycles. The van der Waals surface area contributed by atoms with E-state index in [1.165, 1.54) is 0 Å². The number of hydrogen-bond acceptors (Lipinski definition) is 3. The molecule has 6 nitrogen and oxygen atoms in total. The highest BCUT2D eigenvalue weighted by Gasteiger charge is 2.05. The summed E-state index contributed by atoms with van der Waals surface area (Å²) < 4.78 is 6.27. The van der Waals surface area contributed by atoms with Gasteiger partial charge in [0, 0.05) is 29.7 Å². The number of carbonyl (C=O) groups excluding carboxylic acids is 2. The minimum absolute atomic E-state index is 0.179. The number of halogens is 1. The van der Waals surface area contributed by atoms with Crippen LogP contribution in [0.15, 0.2) is 53.0 Å². The molecule has 2 aromatic rings. The van der Waals surface area contributed by atoms with Crippen molar-refractivity contribution >= 4 is 27.9 Å². The van der Waals surface area contributed by atoms with Crippen LogP contribution in [-0.2, 0) is 6.54 Å². The molecule has 0 saturated heterocycles. The molecule has 0 radical (unpaired) electrons. The van der Waals surface area contributed by atoms with Gasteiger partial charge in [0.1, 0.15) is 5.75 Å². The average Bonchev–Trinajstić information content (AvgIpc) is 2.64. The van der Waals surface area contributed by atoms with E-state index in [4.69, 9.17) is 4.74 Å². The van der Waals surface area contributed by atoms with Crippen LogP contribution in [0, 0.1) is 0 Å². The van der Waals surface area contributed by atoms with Gasteiger partial charge < -0.3 is 20.7 Å². The van der Waals surface area contributed by atoms with Crippen molar-refractivity contribution < 1.29 is 14.3 Å². The third-order valence-corrected chi connectivity index (χ3v) is 3.94. The number of urea groups is 1. The first kappa shape index (κ1) is 19.8. The Labute approximate surface area is 161 Å². The Hall–Kier alpha value is -2.54. The summed E-state index contributed by atoms with van der Waals surface area (Å²) in [7, 11) is 0. The van der Waals surface area contributed by atoms with Crippen molar-refractivity contribution in [3.8, 4) is 5.75 Å². The van der Waals surface area contributed by atoms with E-state index < -0.39 is 0 Å². The first-order valence-corrected chi connectivity index (χ1v) is 9.15. The zero-order valence-corrected chi connectivity index (χ0v) is 16.1. The molecular weight excluding hydrogens is 398 g/mol. The summed E-state index contributed by atoms with van der Waals surface area (Å²) in [5.74, 6) is 0.601. The van der Waals surface area contributed by atoms with E-state index in [9.17, 15) is 9.59 Å². The van der Waals surface area contributed by atoms with Crippen molar-refractivity contribution in [2.75, 3.05) is 19.7 Å². The highest BCUT2D eigenvalue weighted by atomic mass is 79.9. The van der Waals surface area contributed by atoms with Gasteiger partial charge in [-0.25, -0.2) is 4.79 Å². The lowest BCUT2D eigenvalue weighted by Gasteiger charge is -2.10. The molecule has 0 aliphatic rings. The molecule has 0 bridgehead atoms. The Balaban J connectivity index is 1.66. The fourth-order valence-electron chi connectivity index (χ4n) is 2.24. The molecule has 0 fully saturated rings. The van der Waals surface area contributed by atoms with Crippen molar-refractivity contribution in [2.24, 2.45) is 0 Å². The van der Waals surface area contributed by atoms with Crippen molar-refractivity contribution in [1.29, 1.82) is 0 Å². The van der Waals surface area contributed by atoms with E-state index >= 15 is 0 Å². The summed E-state index contributed by atoms with van der Waals surface area (Å²) in [6.07, 6.45) is 0. The van der Waals surface area contributed by atoms with Crippen molar-refractivity contribution in [2.45, 2.75) is 13.5 Å². The molecule has 0 spiro atoms. The molecule has 7 heteroatoms. The predicted octanol–water partition coefficient (Wildman–Crippen LogP) is 3.08. The molecule has 3 N–H and O–H groups in total. The summed E-state index contributed by atoms with van der Waals surface area (Å²) >= 11 is 3.33. The highest BCUT2D eigenvalue weighted by molar-refractivity contribution is 9.10. The van der Waals surface area contributed by atoms with E-state index in [2.05, 4.69) is 31.9 Å². The van der Waals surface area contributed by atoms with Gasteiger partial charge in [0.25, 0.3) is 5.91 Å². The maximum absolute atomic E-state index is 12.0. The van der Waals surface area contributed by atoms with Crippen LogP contribution in [-0.4, -0.2) is 31.6 Å². The summed E-state index contributed by atoms with van der Waals surface area (Å²) in [6, 6.07) is 14.4. The second-order valence-corrected chi connectivity index (χ2v) is 6.37. The number of ether oxygens (including phenoxy) is 1. The molecule has 2 aromatic carbocycles. The quantitative estimate of drug-likeness (QED) is 0.575. The molecule has 0 aliphatic carbocycles. The topological polar surface area (TPSA) is 79.5 Å². The number of hydrogen-bond donors (Lipinski definition) is 3. The Kier molecular flexibility index (Phi) is 7.95. The third-order valence-electron chi connectivity index (χ3n) is 3.45. The van der Waals surface area contributed by atoms with Crippen molar-refractivity contribution in [3.05, 3.63) is 64.1 Å². The Morgan fingerprint density at radius 3 is 2.54 bits per heavy atom. The number of benzene rings is 2. The molecule has 0 saturated carbocycles. The number of rotatable bonds is 8. The maximum atomic E-state index is 12.0. The van der Waals surface area contributed by atoms with Gasteiger partial charge in [-0.2, -0.15) is 0 Å². The summed E-state index contributed by atoms with van der Waals surface area (Å²) in [5.41, 5.74) is 1.52. The van der Waals surface area contributed by atoms with Gasteiger partial charge in [-0.3, -0.25) is 4.79 Å². The first-order valence-electron chi connectivity index (χ1n) is 8.35. The molecule has 26 heavy (non-hydrogen) atoms. The Morgan fingerprint density at radius 2 is 1.77 bits per heavy atom. The standard InChI is InChI=1S/C19H22BrN3O3/c1-2-26-17-8-3-5-14(11-17)13-23-19(25)22-10-9-21-18(24)15-6-4-7-16(20)12-15/h3-8,11-12H,2,9-10,13H2,1H3,(H,21,24)(H2,22,23,25). The molecule has 3 amide bonds. The number of nitrogens with one attached hydrogen (secondary N) is 3. The van der Waals surface area contributed by atoms with Crippen LogP contribution >= 0.6 is 15.9 Å². The van der Waals surface area contributed by atoms with E-state index in [-0.39, 0.29) is 11.9 Å². The third kappa shape index (κ3) is 6.76. The van der Waals surface area contributed by atoms with E-state index in [1.807, 2.05) is 37.3 Å². The zero-order valence-electron chi connectivity index (χ0n) is 14.5. The highest BCUT2D eigenvalue weighted by Crippen LogP contribution is 2.13. The largest absolute Gasteiger partial charge is 0.494 e. The van der Waals surface area contributed by atoms with Crippen LogP contribution in [0.2, 0.25) is 0 Å². The maximum Gasteiger partial charge on any atom is 0.315 e. The van der Waals surface area contributed by atoms with E-state index in [0.29, 0.717) is 31.8 Å². The first-order chi connectivity index (χ1) is 12.6. The van der Waals surface area contributed by atoms with Crippen LogP contribution < -0.4 is 20.7 Å². The molecule has 0 aromatic heterocycles. The van der Waals surface area contributed by atoms with Crippen LogP contribution in [0.1, 0.15) is 22.8 Å². The monoisotopic (exact) mass is 419 g/mol. The fraction of sp³-hybridized carbons (Fsp3) is 0.263. The smallest absolute Gasteiger partial charge is 0.315 e. The second kappa shape index (κ2) is 10.5. The minimum atomic E-state index is -0.288. The number of carbonyl (C=O) groups is 2. The normalized spacial score (nSPS) is 10.1. The summed E-state index contributed by atoms with van der Waals surface area (Å²) in [5, 5.41) is 8.23. The molecule has 2 rings (SSSR count). The lowest BCUT2D eigenvalue weighted by Crippen LogP contribution is -2.40. The van der Waals surface area contributed by atoms with Gasteiger partial charge in [0.05, 0.1) is 6.61 Å². The van der Waals surface area contributed by atoms with Gasteiger partial charge >= 0.3 is 6.03 Å². The van der Waals surface area contributed by atoms with Gasteiger partial charge in [0.15, 0.2) is 0 Å². The van der Waals surface area contributed by atoms with Crippen LogP contribution in [0.25, 0.3) is 0 Å². The SMILES string of the molecule is CCOc1cccc(CNC(=O)NCCNC(=O)c2cccc(Br)c2)c1. The van der Waals surface area contributed by atoms with Crippen molar-refractivity contribution in [1.82, 2.24) is 16.0 Å². The van der Waals surface area contributed by atoms with Crippen molar-refractivity contribution in [3.63, 3.8) is 0 Å². The predicted molar refractivity (Wildman–Crippen MR) is 104 cm³/mol. The summed E-state index contributed by atoms with van der Waals surface area (Å²) in [4.78, 5) is 23.8. The van der Waals surface area contributed by atoms with Crippen LogP contribution in [0.5, 0.6) is 5.75 Å². The molecule has 0 aliphatic heterocycles. The average molecular weight is 420 g/mol. The Morgan fingerprint density at radius 1 is 1.00 bits per heavy atom. The molecule has 0 atom stereocenters. The Bertz CT molecular complexity index is 752. The molecule has 0 unspecified atom stereocenters. The van der Waals surface area contributed by atoms with Gasteiger partial charge in [0.2, 0.25) is 0 Å². The van der Waals surface area contributed by atoms with Gasteiger partial charge in [-0.05, 0) is 42.8 Å². The van der Waals surface area contributed by atoms with Crippen LogP contribution in [0.4, 0.5) is 4.79 Å². The lowest BCUT2D eigenvalue weighted by molar-refractivity contribution is 0.0953. The van der Waals surface area contributed by atoms with Crippen LogP contribution in [0.3, 0.4) is 0 Å². The minimum Gasteiger partial charge on any atom is -0.494 e. The molecule has 138 valence electrons. The van der Waals surface area contributed by atoms with Gasteiger partial charge in [-0.15, -0.1) is 0 Å². The molecular formula is C19H22BrN3O3. The van der Waals surface area contributed by atoms with Gasteiger partial charge in [-0.1, -0.05) is 34.1 Å². The summed E-state index contributed by atoms with van der Waals surface area (Å²) in [6.45, 7) is 3.61. The van der Waals surface area contributed by atoms with E-state index in [1.54, 1.807) is 18.2 Å². The lowest BCUT2D eigenvalue weighted by atomic mass is 10.2. The number of amides is 3. The fourth-order valence-corrected chi connectivity index (χ4v) is 2.64. The zero-order chi connectivity index (χ0) is 18.8. The second-order valence-electron chi connectivity index (χ2n) is 5.46. The van der Waals surface area contributed by atoms with E-state index in [0.717, 1.165) is 15.8 Å².